The molecule has 0 saturated heterocycles. The van der Waals surface area contributed by atoms with E-state index < -0.39 is 0 Å². The topological polar surface area (TPSA) is 79.3 Å². The van der Waals surface area contributed by atoms with Crippen molar-refractivity contribution in [1.82, 2.24) is 5.32 Å². The molecule has 0 radical (unpaired) electrons. The zero-order chi connectivity index (χ0) is 18.5. The molecule has 0 aromatic heterocycles. The van der Waals surface area contributed by atoms with Crippen LogP contribution in [0.3, 0.4) is 0 Å². The van der Waals surface area contributed by atoms with E-state index in [0.29, 0.717) is 26.3 Å². The lowest BCUT2D eigenvalue weighted by atomic mass is 9.98. The second-order valence-electron chi connectivity index (χ2n) is 6.39. The van der Waals surface area contributed by atoms with Crippen LogP contribution in [-0.2, 0) is 6.54 Å². The Hall–Kier alpha value is -3.21. The summed E-state index contributed by atoms with van der Waals surface area (Å²) >= 11 is 0. The Morgan fingerprint density at radius 3 is 2.70 bits per heavy atom. The maximum atomic E-state index is 8.79. The van der Waals surface area contributed by atoms with E-state index in [-0.39, 0.29) is 6.04 Å². The van der Waals surface area contributed by atoms with Gasteiger partial charge in [-0.05, 0) is 39.6 Å². The van der Waals surface area contributed by atoms with Crippen LogP contribution in [0.4, 0.5) is 0 Å². The molecule has 136 valence electrons. The average molecular weight is 360 g/mol. The Bertz CT molecular complexity index is 993. The van der Waals surface area contributed by atoms with Crippen molar-refractivity contribution in [3.63, 3.8) is 0 Å². The van der Waals surface area contributed by atoms with Gasteiger partial charge in [0.1, 0.15) is 13.2 Å². The molecule has 3 aromatic carbocycles. The molecule has 27 heavy (non-hydrogen) atoms. The van der Waals surface area contributed by atoms with Crippen LogP contribution in [0.25, 0.3) is 21.2 Å². The van der Waals surface area contributed by atoms with E-state index in [2.05, 4.69) is 39.6 Å². The number of nitrogens with one attached hydrogen (secondary N) is 1. The summed E-state index contributed by atoms with van der Waals surface area (Å²) < 4.78 is 11.2. The van der Waals surface area contributed by atoms with E-state index in [0.717, 1.165) is 28.0 Å². The minimum Gasteiger partial charge on any atom is -0.486 e. The molecule has 1 heterocycles. The zero-order valence-electron chi connectivity index (χ0n) is 14.8. The van der Waals surface area contributed by atoms with Gasteiger partial charge in [0.15, 0.2) is 11.5 Å². The summed E-state index contributed by atoms with van der Waals surface area (Å²) in [5.74, 6) is 1.56. The third-order valence-electron chi connectivity index (χ3n) is 4.69. The van der Waals surface area contributed by atoms with Gasteiger partial charge in [-0.25, -0.2) is 0 Å². The summed E-state index contributed by atoms with van der Waals surface area (Å²) in [6.45, 7) is 2.12. The number of rotatable bonds is 6. The normalized spacial score (nSPS) is 13.8. The molecule has 6 nitrogen and oxygen atoms in total. The fraction of sp³-hybridized carbons (Fsp3) is 0.238. The predicted molar refractivity (Wildman–Crippen MR) is 105 cm³/mol. The van der Waals surface area contributed by atoms with Crippen LogP contribution in [-0.4, -0.2) is 19.8 Å². The first kappa shape index (κ1) is 17.2. The van der Waals surface area contributed by atoms with E-state index in [4.69, 9.17) is 15.0 Å². The molecule has 1 N–H and O–H groups in total. The van der Waals surface area contributed by atoms with Gasteiger partial charge in [0.25, 0.3) is 0 Å². The number of ether oxygens (including phenoxy) is 2. The van der Waals surface area contributed by atoms with Crippen molar-refractivity contribution in [3.8, 4) is 11.5 Å². The van der Waals surface area contributed by atoms with Gasteiger partial charge in [-0.3, -0.25) is 0 Å². The summed E-state index contributed by atoms with van der Waals surface area (Å²) in [4.78, 5) is 2.94. The van der Waals surface area contributed by atoms with Gasteiger partial charge in [-0.1, -0.05) is 53.6 Å². The molecule has 0 saturated carbocycles. The van der Waals surface area contributed by atoms with Gasteiger partial charge in [-0.15, -0.1) is 0 Å². The fourth-order valence-corrected chi connectivity index (χ4v) is 3.38. The molecule has 0 aliphatic carbocycles. The smallest absolute Gasteiger partial charge is 0.161 e. The van der Waals surface area contributed by atoms with Crippen LogP contribution in [0.2, 0.25) is 0 Å². The van der Waals surface area contributed by atoms with Crippen molar-refractivity contribution in [2.75, 3.05) is 19.8 Å². The Balaban J connectivity index is 1.58. The summed E-state index contributed by atoms with van der Waals surface area (Å²) in [7, 11) is 0. The predicted octanol–water partition coefficient (Wildman–Crippen LogP) is 4.75. The zero-order valence-corrected chi connectivity index (χ0v) is 14.8. The Labute approximate surface area is 157 Å². The SMILES string of the molecule is [N-]=[N+]=NC[C@H](NCc1ccc2c(c1)OCCO2)c1cccc2ccccc12. The molecule has 1 atom stereocenters. The third kappa shape index (κ3) is 3.82. The molecular weight excluding hydrogens is 340 g/mol. The molecule has 0 amide bonds. The first-order valence-electron chi connectivity index (χ1n) is 8.95. The van der Waals surface area contributed by atoms with Crippen molar-refractivity contribution in [2.45, 2.75) is 12.6 Å². The summed E-state index contributed by atoms with van der Waals surface area (Å²) in [6.07, 6.45) is 0. The number of fused-ring (bicyclic) bond motifs is 2. The minimum absolute atomic E-state index is 0.0831. The second-order valence-corrected chi connectivity index (χ2v) is 6.39. The molecule has 0 spiro atoms. The highest BCUT2D eigenvalue weighted by Gasteiger charge is 2.15. The largest absolute Gasteiger partial charge is 0.486 e. The molecular formula is C21H20N4O2. The highest BCUT2D eigenvalue weighted by molar-refractivity contribution is 5.86. The van der Waals surface area contributed by atoms with Crippen LogP contribution in [0.1, 0.15) is 17.2 Å². The van der Waals surface area contributed by atoms with Crippen molar-refractivity contribution in [1.29, 1.82) is 0 Å². The lowest BCUT2D eigenvalue weighted by Crippen LogP contribution is -2.24. The average Bonchev–Trinajstić information content (AvgIpc) is 2.73. The van der Waals surface area contributed by atoms with Gasteiger partial charge in [-0.2, -0.15) is 0 Å². The summed E-state index contributed by atoms with van der Waals surface area (Å²) in [6, 6.07) is 20.3. The fourth-order valence-electron chi connectivity index (χ4n) is 3.38. The van der Waals surface area contributed by atoms with Gasteiger partial charge < -0.3 is 14.8 Å². The molecule has 1 aliphatic heterocycles. The Kier molecular flexibility index (Phi) is 5.10. The molecule has 0 unspecified atom stereocenters. The lowest BCUT2D eigenvalue weighted by Gasteiger charge is -2.21. The van der Waals surface area contributed by atoms with Gasteiger partial charge in [0.05, 0.1) is 0 Å². The number of hydrogen-bond acceptors (Lipinski definition) is 4. The third-order valence-corrected chi connectivity index (χ3v) is 4.69. The Morgan fingerprint density at radius 1 is 1.00 bits per heavy atom. The highest BCUT2D eigenvalue weighted by atomic mass is 16.6. The summed E-state index contributed by atoms with van der Waals surface area (Å²) in [5, 5.41) is 9.66. The van der Waals surface area contributed by atoms with Crippen molar-refractivity contribution >= 4 is 10.8 Å². The van der Waals surface area contributed by atoms with Crippen LogP contribution in [0.5, 0.6) is 11.5 Å². The van der Waals surface area contributed by atoms with Crippen LogP contribution in [0.15, 0.2) is 65.8 Å². The molecule has 3 aromatic rings. The van der Waals surface area contributed by atoms with Crippen LogP contribution in [0, 0.1) is 0 Å². The first-order chi connectivity index (χ1) is 13.3. The van der Waals surface area contributed by atoms with Gasteiger partial charge in [0, 0.05) is 24.0 Å². The van der Waals surface area contributed by atoms with E-state index in [1.54, 1.807) is 0 Å². The maximum absolute atomic E-state index is 8.79. The molecule has 6 heteroatoms. The lowest BCUT2D eigenvalue weighted by molar-refractivity contribution is 0.171. The van der Waals surface area contributed by atoms with Crippen molar-refractivity contribution in [2.24, 2.45) is 5.11 Å². The monoisotopic (exact) mass is 360 g/mol. The number of hydrogen-bond donors (Lipinski definition) is 1. The van der Waals surface area contributed by atoms with E-state index in [1.807, 2.05) is 36.4 Å². The van der Waals surface area contributed by atoms with E-state index in [9.17, 15) is 0 Å². The standard InChI is InChI=1S/C21H20N4O2/c22-25-24-14-19(18-7-3-5-16-4-1-2-6-17(16)18)23-13-15-8-9-20-21(12-15)27-11-10-26-20/h1-9,12,19,23H,10-11,13-14H2/t19-/m0/s1. The molecule has 4 rings (SSSR count). The van der Waals surface area contributed by atoms with E-state index >= 15 is 0 Å². The number of benzene rings is 3. The number of azide groups is 1. The van der Waals surface area contributed by atoms with Crippen molar-refractivity contribution < 1.29 is 9.47 Å². The van der Waals surface area contributed by atoms with Crippen LogP contribution < -0.4 is 14.8 Å². The first-order valence-corrected chi connectivity index (χ1v) is 8.95. The molecule has 0 bridgehead atoms. The van der Waals surface area contributed by atoms with Gasteiger partial charge >= 0.3 is 0 Å². The van der Waals surface area contributed by atoms with Gasteiger partial charge in [0.2, 0.25) is 0 Å². The second kappa shape index (κ2) is 7.99. The number of nitrogens with zero attached hydrogens (tertiary/aromatic N) is 3. The Morgan fingerprint density at radius 2 is 1.81 bits per heavy atom. The van der Waals surface area contributed by atoms with Crippen molar-refractivity contribution in [3.05, 3.63) is 82.2 Å². The highest BCUT2D eigenvalue weighted by Crippen LogP contribution is 2.31. The quantitative estimate of drug-likeness (QED) is 0.391. The molecule has 1 aliphatic rings. The maximum Gasteiger partial charge on any atom is 0.161 e. The molecule has 0 fully saturated rings. The van der Waals surface area contributed by atoms with E-state index in [1.165, 1.54) is 5.39 Å². The van der Waals surface area contributed by atoms with Crippen LogP contribution >= 0.6 is 0 Å². The summed E-state index contributed by atoms with van der Waals surface area (Å²) in [5.41, 5.74) is 11.0. The minimum atomic E-state index is -0.0831.